The first kappa shape index (κ1) is 17.7. The van der Waals surface area contributed by atoms with Crippen LogP contribution in [0.1, 0.15) is 65.7 Å². The van der Waals surface area contributed by atoms with Gasteiger partial charge < -0.3 is 14.6 Å². The van der Waals surface area contributed by atoms with Gasteiger partial charge in [-0.3, -0.25) is 0 Å². The average Bonchev–Trinajstić information content (AvgIpc) is 3.18. The van der Waals surface area contributed by atoms with Gasteiger partial charge in [-0.15, -0.1) is 0 Å². The molecule has 0 aromatic carbocycles. The van der Waals surface area contributed by atoms with Gasteiger partial charge in [-0.25, -0.2) is 4.79 Å². The summed E-state index contributed by atoms with van der Waals surface area (Å²) in [6.45, 7) is 10.1. The molecule has 0 saturated carbocycles. The van der Waals surface area contributed by atoms with Gasteiger partial charge in [0.25, 0.3) is 0 Å². The topological polar surface area (TPSA) is 59.1 Å². The molecule has 0 radical (unpaired) electrons. The molecule has 2 fully saturated rings. The van der Waals surface area contributed by atoms with Crippen molar-refractivity contribution >= 4 is 5.97 Å². The fourth-order valence-corrected chi connectivity index (χ4v) is 4.07. The van der Waals surface area contributed by atoms with Crippen molar-refractivity contribution in [1.82, 2.24) is 0 Å². The highest BCUT2D eigenvalue weighted by atomic mass is 16.6. The first-order valence-electron chi connectivity index (χ1n) is 9.17. The minimum Gasteiger partial charge on any atom is -0.453 e. The highest BCUT2D eigenvalue weighted by Gasteiger charge is 2.53. The number of aliphatic hydroxyl groups is 1. The van der Waals surface area contributed by atoms with E-state index in [4.69, 9.17) is 9.47 Å². The Morgan fingerprint density at radius 1 is 1.25 bits per heavy atom. The highest BCUT2D eigenvalue weighted by molar-refractivity contribution is 5.89. The van der Waals surface area contributed by atoms with Crippen molar-refractivity contribution < 1.29 is 19.4 Å². The Kier molecular flexibility index (Phi) is 4.65. The maximum absolute atomic E-state index is 12.4. The lowest BCUT2D eigenvalue weighted by molar-refractivity contribution is -0.165. The maximum Gasteiger partial charge on any atom is 0.334 e. The molecule has 5 atom stereocenters. The largest absolute Gasteiger partial charge is 0.453 e. The van der Waals surface area contributed by atoms with Gasteiger partial charge in [-0.2, -0.15) is 0 Å². The first-order chi connectivity index (χ1) is 11.2. The summed E-state index contributed by atoms with van der Waals surface area (Å²) in [4.78, 5) is 12.4. The molecule has 4 heteroatoms. The fourth-order valence-electron chi connectivity index (χ4n) is 4.07. The standard InChI is InChI=1S/C20H30O4/c1-13-6-5-10-20(4)17(23-20)12-15-9-11-19(3,16(21)8-7-13)24-18(22)14(15)2/h6,15-17,21H,2,5,7-12H2,1,3-4H3/b13-6-/t15-,16+,17+,19-,20+/m1/s1. The molecule has 0 unspecified atom stereocenters. The summed E-state index contributed by atoms with van der Waals surface area (Å²) in [5.41, 5.74) is 0.915. The van der Waals surface area contributed by atoms with E-state index in [0.29, 0.717) is 18.4 Å². The third kappa shape index (κ3) is 3.45. The van der Waals surface area contributed by atoms with Gasteiger partial charge >= 0.3 is 5.97 Å². The van der Waals surface area contributed by atoms with Crippen molar-refractivity contribution in [3.63, 3.8) is 0 Å². The molecule has 0 aromatic rings. The zero-order chi connectivity index (χ0) is 17.5. The number of fused-ring (bicyclic) bond motifs is 4. The lowest BCUT2D eigenvalue weighted by Crippen LogP contribution is -2.43. The molecule has 3 rings (SSSR count). The predicted molar refractivity (Wildman–Crippen MR) is 92.5 cm³/mol. The molecule has 3 aliphatic rings. The lowest BCUT2D eigenvalue weighted by atomic mass is 9.82. The quantitative estimate of drug-likeness (QED) is 0.318. The number of carbonyl (C=O) groups excluding carboxylic acids is 1. The fraction of sp³-hybridized carbons (Fsp3) is 0.750. The number of esters is 1. The number of hydrogen-bond donors (Lipinski definition) is 1. The Balaban J connectivity index is 1.85. The van der Waals surface area contributed by atoms with Crippen LogP contribution in [0.4, 0.5) is 0 Å². The summed E-state index contributed by atoms with van der Waals surface area (Å²) in [5.74, 6) is -0.276. The van der Waals surface area contributed by atoms with E-state index in [0.717, 1.165) is 32.1 Å². The second-order valence-corrected chi connectivity index (χ2v) is 8.26. The number of rotatable bonds is 0. The number of allylic oxidation sites excluding steroid dienone is 2. The zero-order valence-corrected chi connectivity index (χ0v) is 15.1. The van der Waals surface area contributed by atoms with Crippen molar-refractivity contribution in [2.24, 2.45) is 5.92 Å². The van der Waals surface area contributed by atoms with Crippen molar-refractivity contribution in [3.8, 4) is 0 Å². The number of carbonyl (C=O) groups is 1. The first-order valence-corrected chi connectivity index (χ1v) is 9.17. The van der Waals surface area contributed by atoms with Crippen molar-refractivity contribution in [2.75, 3.05) is 0 Å². The summed E-state index contributed by atoms with van der Waals surface area (Å²) in [6, 6.07) is 0. The van der Waals surface area contributed by atoms with E-state index in [2.05, 4.69) is 26.5 Å². The molecular weight excluding hydrogens is 304 g/mol. The van der Waals surface area contributed by atoms with Crippen LogP contribution in [0.15, 0.2) is 23.8 Å². The molecule has 1 aliphatic carbocycles. The minimum atomic E-state index is -0.827. The van der Waals surface area contributed by atoms with Crippen molar-refractivity contribution in [2.45, 2.75) is 89.1 Å². The van der Waals surface area contributed by atoms with Gasteiger partial charge in [0.15, 0.2) is 0 Å². The minimum absolute atomic E-state index is 0.0692. The number of aliphatic hydroxyl groups excluding tert-OH is 1. The van der Waals surface area contributed by atoms with E-state index in [1.165, 1.54) is 5.57 Å². The molecule has 0 amide bonds. The van der Waals surface area contributed by atoms with E-state index in [9.17, 15) is 9.90 Å². The van der Waals surface area contributed by atoms with E-state index in [1.54, 1.807) is 0 Å². The third-order valence-electron chi connectivity index (χ3n) is 6.25. The lowest BCUT2D eigenvalue weighted by Gasteiger charge is -2.33. The van der Waals surface area contributed by atoms with Gasteiger partial charge in [0.1, 0.15) is 5.60 Å². The smallest absolute Gasteiger partial charge is 0.334 e. The van der Waals surface area contributed by atoms with Gasteiger partial charge in [-0.1, -0.05) is 18.2 Å². The Bertz CT molecular complexity index is 566. The van der Waals surface area contributed by atoms with Crippen LogP contribution in [0, 0.1) is 5.92 Å². The summed E-state index contributed by atoms with van der Waals surface area (Å²) >= 11 is 0. The molecule has 24 heavy (non-hydrogen) atoms. The van der Waals surface area contributed by atoms with Gasteiger partial charge in [0.05, 0.1) is 17.8 Å². The molecule has 2 bridgehead atoms. The Hall–Kier alpha value is -1.13. The van der Waals surface area contributed by atoms with E-state index >= 15 is 0 Å². The second-order valence-electron chi connectivity index (χ2n) is 8.26. The van der Waals surface area contributed by atoms with Crippen LogP contribution in [0.25, 0.3) is 0 Å². The molecular formula is C20H30O4. The van der Waals surface area contributed by atoms with Crippen LogP contribution in [-0.4, -0.2) is 34.5 Å². The highest BCUT2D eigenvalue weighted by Crippen LogP contribution is 2.47. The molecule has 4 nitrogen and oxygen atoms in total. The summed E-state index contributed by atoms with van der Waals surface area (Å²) < 4.78 is 11.7. The van der Waals surface area contributed by atoms with Gasteiger partial charge in [-0.05, 0) is 71.6 Å². The normalized spacial score (nSPS) is 46.2. The van der Waals surface area contributed by atoms with Crippen molar-refractivity contribution in [1.29, 1.82) is 0 Å². The van der Waals surface area contributed by atoms with Crippen LogP contribution in [0.3, 0.4) is 0 Å². The Morgan fingerprint density at radius 3 is 2.75 bits per heavy atom. The number of hydrogen-bond acceptors (Lipinski definition) is 4. The molecule has 2 aliphatic heterocycles. The van der Waals surface area contributed by atoms with Crippen LogP contribution < -0.4 is 0 Å². The monoisotopic (exact) mass is 334 g/mol. The summed E-state index contributed by atoms with van der Waals surface area (Å²) in [7, 11) is 0. The summed E-state index contributed by atoms with van der Waals surface area (Å²) in [5, 5.41) is 10.7. The number of epoxide rings is 1. The average molecular weight is 334 g/mol. The predicted octanol–water partition coefficient (Wildman–Crippen LogP) is 3.68. The van der Waals surface area contributed by atoms with Crippen LogP contribution in [-0.2, 0) is 14.3 Å². The Morgan fingerprint density at radius 2 is 2.00 bits per heavy atom. The molecule has 2 saturated heterocycles. The Labute approximate surface area is 144 Å². The van der Waals surface area contributed by atoms with Gasteiger partial charge in [0, 0.05) is 5.57 Å². The molecule has 2 heterocycles. The van der Waals surface area contributed by atoms with E-state index < -0.39 is 11.7 Å². The third-order valence-corrected chi connectivity index (χ3v) is 6.25. The maximum atomic E-state index is 12.4. The van der Waals surface area contributed by atoms with Gasteiger partial charge in [0.2, 0.25) is 0 Å². The molecule has 0 aromatic heterocycles. The van der Waals surface area contributed by atoms with E-state index in [-0.39, 0.29) is 23.6 Å². The summed E-state index contributed by atoms with van der Waals surface area (Å²) in [6.07, 6.45) is 7.51. The molecule has 134 valence electrons. The van der Waals surface area contributed by atoms with Crippen LogP contribution in [0.5, 0.6) is 0 Å². The second kappa shape index (κ2) is 6.30. The van der Waals surface area contributed by atoms with Crippen molar-refractivity contribution in [3.05, 3.63) is 23.8 Å². The van der Waals surface area contributed by atoms with E-state index in [1.807, 2.05) is 6.92 Å². The SMILES string of the molecule is C=C1C(=O)O[C@]2(C)CC[C@@H]1C[C@@H]1O[C@@]1(C)CC/C=C(/C)CC[C@@H]2O. The van der Waals surface area contributed by atoms with Crippen LogP contribution in [0.2, 0.25) is 0 Å². The number of ether oxygens (including phenoxy) is 2. The molecule has 0 spiro atoms. The zero-order valence-electron chi connectivity index (χ0n) is 15.1. The molecule has 1 N–H and O–H groups in total. The van der Waals surface area contributed by atoms with Crippen LogP contribution >= 0.6 is 0 Å².